The lowest BCUT2D eigenvalue weighted by atomic mass is 10.0. The predicted octanol–water partition coefficient (Wildman–Crippen LogP) is 6.05. The van der Waals surface area contributed by atoms with Crippen LogP contribution in [0.2, 0.25) is 0 Å². The van der Waals surface area contributed by atoms with Gasteiger partial charge in [-0.25, -0.2) is 0 Å². The van der Waals surface area contributed by atoms with Gasteiger partial charge in [-0.3, -0.25) is 9.59 Å². The van der Waals surface area contributed by atoms with Crippen LogP contribution in [0.5, 0.6) is 28.7 Å². The first-order valence-electron chi connectivity index (χ1n) is 17.1. The van der Waals surface area contributed by atoms with Gasteiger partial charge in [0.1, 0.15) is 5.75 Å². The van der Waals surface area contributed by atoms with Crippen LogP contribution in [0.4, 0.5) is 11.4 Å². The standard InChI is InChI=1S/C38H44N4O7/c1-45-28-11-9-24(10-12-28)25-16-27-22-40-32-20-36(34(47-3)18-30(32)38(44)42(27)23-25)49-15-6-4-5-14-48-35-19-31-29(17-33(35)46-2)37(43)41-13-7-8-26(41)21-39-31/h9-12,17-20,23,26-27,39-40H,4-8,13-16,21-22H2,1-3H3/t26-,27-/m0/s1. The molecule has 1 fully saturated rings. The quantitative estimate of drug-likeness (QED) is 0.223. The van der Waals surface area contributed by atoms with Gasteiger partial charge in [0.25, 0.3) is 11.8 Å². The van der Waals surface area contributed by atoms with Crippen molar-refractivity contribution in [1.82, 2.24) is 9.80 Å². The van der Waals surface area contributed by atoms with Crippen molar-refractivity contribution in [2.45, 2.75) is 50.6 Å². The number of unbranched alkanes of at least 4 members (excludes halogenated alkanes) is 2. The van der Waals surface area contributed by atoms with Gasteiger partial charge < -0.3 is 44.1 Å². The predicted molar refractivity (Wildman–Crippen MR) is 187 cm³/mol. The van der Waals surface area contributed by atoms with Crippen LogP contribution in [0.25, 0.3) is 5.57 Å². The van der Waals surface area contributed by atoms with Crippen molar-refractivity contribution in [2.24, 2.45) is 0 Å². The van der Waals surface area contributed by atoms with Crippen molar-refractivity contribution < 1.29 is 33.3 Å². The summed E-state index contributed by atoms with van der Waals surface area (Å²) in [6.45, 7) is 3.18. The van der Waals surface area contributed by atoms with E-state index in [9.17, 15) is 9.59 Å². The first-order valence-corrected chi connectivity index (χ1v) is 17.1. The molecular weight excluding hydrogens is 624 g/mol. The summed E-state index contributed by atoms with van der Waals surface area (Å²) in [6, 6.07) is 15.5. The Morgan fingerprint density at radius 3 is 1.94 bits per heavy atom. The second-order valence-corrected chi connectivity index (χ2v) is 12.9. The van der Waals surface area contributed by atoms with Crippen molar-refractivity contribution in [1.29, 1.82) is 0 Å². The fourth-order valence-electron chi connectivity index (χ4n) is 7.19. The molecule has 4 aliphatic heterocycles. The number of carbonyl (C=O) groups excluding carboxylic acids is 2. The lowest BCUT2D eigenvalue weighted by Crippen LogP contribution is -2.36. The van der Waals surface area contributed by atoms with E-state index in [1.54, 1.807) is 33.5 Å². The Balaban J connectivity index is 0.922. The topological polar surface area (TPSA) is 111 Å². The number of amides is 2. The van der Waals surface area contributed by atoms with Crippen LogP contribution in [0.3, 0.4) is 0 Å². The van der Waals surface area contributed by atoms with Crippen LogP contribution in [0.15, 0.2) is 54.7 Å². The summed E-state index contributed by atoms with van der Waals surface area (Å²) in [7, 11) is 4.84. The van der Waals surface area contributed by atoms with Crippen LogP contribution in [-0.4, -0.2) is 87.9 Å². The normalized spacial score (nSPS) is 19.3. The molecule has 0 aliphatic carbocycles. The zero-order chi connectivity index (χ0) is 33.9. The van der Waals surface area contributed by atoms with E-state index in [1.807, 2.05) is 52.4 Å². The van der Waals surface area contributed by atoms with E-state index in [1.165, 1.54) is 0 Å². The highest BCUT2D eigenvalue weighted by Gasteiger charge is 2.36. The van der Waals surface area contributed by atoms with Gasteiger partial charge in [0, 0.05) is 44.0 Å². The Morgan fingerprint density at radius 2 is 1.33 bits per heavy atom. The van der Waals surface area contributed by atoms with Crippen LogP contribution in [0, 0.1) is 0 Å². The van der Waals surface area contributed by atoms with E-state index in [2.05, 4.69) is 10.6 Å². The van der Waals surface area contributed by atoms with E-state index >= 15 is 0 Å². The van der Waals surface area contributed by atoms with Crippen LogP contribution in [-0.2, 0) is 0 Å². The molecule has 0 saturated carbocycles. The Bertz CT molecular complexity index is 1740. The summed E-state index contributed by atoms with van der Waals surface area (Å²) in [5.41, 5.74) is 4.94. The highest BCUT2D eigenvalue weighted by Crippen LogP contribution is 2.40. The number of ether oxygens (including phenoxy) is 5. The fraction of sp³-hybridized carbons (Fsp3) is 0.421. The number of benzene rings is 3. The van der Waals surface area contributed by atoms with Gasteiger partial charge in [0.15, 0.2) is 23.0 Å². The van der Waals surface area contributed by atoms with Gasteiger partial charge in [-0.1, -0.05) is 12.1 Å². The summed E-state index contributed by atoms with van der Waals surface area (Å²) < 4.78 is 28.8. The van der Waals surface area contributed by atoms with Crippen LogP contribution < -0.4 is 34.3 Å². The maximum Gasteiger partial charge on any atom is 0.260 e. The molecule has 11 nitrogen and oxygen atoms in total. The van der Waals surface area contributed by atoms with E-state index in [4.69, 9.17) is 23.7 Å². The summed E-state index contributed by atoms with van der Waals surface area (Å²) in [5.74, 6) is 3.11. The fourth-order valence-corrected chi connectivity index (χ4v) is 7.19. The molecule has 0 bridgehead atoms. The number of fused-ring (bicyclic) bond motifs is 4. The van der Waals surface area contributed by atoms with Crippen LogP contribution >= 0.6 is 0 Å². The molecular formula is C38H44N4O7. The number of hydrogen-bond acceptors (Lipinski definition) is 9. The number of anilines is 2. The Kier molecular flexibility index (Phi) is 9.41. The number of rotatable bonds is 12. The van der Waals surface area contributed by atoms with Gasteiger partial charge in [-0.05, 0) is 73.9 Å². The molecule has 2 amide bonds. The van der Waals surface area contributed by atoms with Crippen molar-refractivity contribution >= 4 is 28.8 Å². The molecule has 49 heavy (non-hydrogen) atoms. The number of hydrogen-bond donors (Lipinski definition) is 2. The molecule has 3 aromatic rings. The second kappa shape index (κ2) is 14.2. The Hall–Kier alpha value is -5.06. The number of carbonyl (C=O) groups is 2. The number of methoxy groups -OCH3 is 3. The molecule has 0 spiro atoms. The molecule has 0 aromatic heterocycles. The van der Waals surface area contributed by atoms with Crippen molar-refractivity contribution in [3.05, 3.63) is 71.4 Å². The molecule has 4 heterocycles. The third-order valence-electron chi connectivity index (χ3n) is 9.91. The molecule has 258 valence electrons. The molecule has 2 atom stereocenters. The van der Waals surface area contributed by atoms with Crippen molar-refractivity contribution in [2.75, 3.05) is 64.8 Å². The van der Waals surface area contributed by atoms with Gasteiger partial charge in [0.05, 0.1) is 63.1 Å². The molecule has 2 N–H and O–H groups in total. The first kappa shape index (κ1) is 32.5. The third kappa shape index (κ3) is 6.54. The van der Waals surface area contributed by atoms with Gasteiger partial charge >= 0.3 is 0 Å². The van der Waals surface area contributed by atoms with E-state index < -0.39 is 0 Å². The van der Waals surface area contributed by atoms with E-state index in [0.717, 1.165) is 79.9 Å². The molecule has 1 saturated heterocycles. The van der Waals surface area contributed by atoms with Gasteiger partial charge in [-0.15, -0.1) is 0 Å². The molecule has 11 heteroatoms. The summed E-state index contributed by atoms with van der Waals surface area (Å²) in [5, 5.41) is 6.94. The minimum absolute atomic E-state index is 0.0109. The molecule has 3 aromatic carbocycles. The lowest BCUT2D eigenvalue weighted by molar-refractivity contribution is 0.0748. The maximum atomic E-state index is 13.7. The first-order chi connectivity index (χ1) is 24.0. The average Bonchev–Trinajstić information content (AvgIpc) is 3.74. The average molecular weight is 669 g/mol. The highest BCUT2D eigenvalue weighted by atomic mass is 16.5. The molecule has 0 radical (unpaired) electrons. The van der Waals surface area contributed by atoms with Crippen LogP contribution in [0.1, 0.15) is 64.8 Å². The number of nitrogens with zero attached hydrogens (tertiary/aromatic N) is 2. The summed E-state index contributed by atoms with van der Waals surface area (Å²) in [6.07, 6.45) is 7.33. The van der Waals surface area contributed by atoms with Crippen molar-refractivity contribution in [3.8, 4) is 28.7 Å². The second-order valence-electron chi connectivity index (χ2n) is 12.9. The molecule has 0 unspecified atom stereocenters. The van der Waals surface area contributed by atoms with Gasteiger partial charge in [-0.2, -0.15) is 0 Å². The summed E-state index contributed by atoms with van der Waals surface area (Å²) >= 11 is 0. The zero-order valence-corrected chi connectivity index (χ0v) is 28.4. The Labute approximate surface area is 287 Å². The third-order valence-corrected chi connectivity index (χ3v) is 9.91. The lowest BCUT2D eigenvalue weighted by Gasteiger charge is -2.21. The molecule has 7 rings (SSSR count). The minimum atomic E-state index is -0.0628. The highest BCUT2D eigenvalue weighted by molar-refractivity contribution is 6.03. The monoisotopic (exact) mass is 668 g/mol. The number of nitrogens with one attached hydrogen (secondary N) is 2. The SMILES string of the molecule is COc1ccc(C2=CN3C(=O)c4cc(OC)c(OCCCCCOc5cc6c(cc5OC)C(=O)N5CCC[C@H]5CN6)cc4NC[C@@H]3C2)cc1. The van der Waals surface area contributed by atoms with E-state index in [0.29, 0.717) is 53.9 Å². The smallest absolute Gasteiger partial charge is 0.260 e. The van der Waals surface area contributed by atoms with E-state index in [-0.39, 0.29) is 23.9 Å². The summed E-state index contributed by atoms with van der Waals surface area (Å²) in [4.78, 5) is 30.7. The minimum Gasteiger partial charge on any atom is -0.497 e. The van der Waals surface area contributed by atoms with Gasteiger partial charge in [0.2, 0.25) is 0 Å². The largest absolute Gasteiger partial charge is 0.497 e. The zero-order valence-electron chi connectivity index (χ0n) is 28.4. The maximum absolute atomic E-state index is 13.7. The Morgan fingerprint density at radius 1 is 0.714 bits per heavy atom. The molecule has 4 aliphatic rings. The van der Waals surface area contributed by atoms with Crippen molar-refractivity contribution in [3.63, 3.8) is 0 Å².